The molecule has 2 heterocycles. The fourth-order valence-corrected chi connectivity index (χ4v) is 3.27. The molecule has 1 aliphatic heterocycles. The lowest BCUT2D eigenvalue weighted by Crippen LogP contribution is -2.49. The normalized spacial score (nSPS) is 17.5. The van der Waals surface area contributed by atoms with Crippen molar-refractivity contribution in [2.75, 3.05) is 31.1 Å². The van der Waals surface area contributed by atoms with Crippen LogP contribution in [-0.4, -0.2) is 53.5 Å². The number of halogens is 3. The lowest BCUT2D eigenvalue weighted by molar-refractivity contribution is -0.274. The molecule has 2 aliphatic rings. The number of amides is 1. The summed E-state index contributed by atoms with van der Waals surface area (Å²) in [5, 5.41) is 8.54. The molecule has 28 heavy (non-hydrogen) atoms. The van der Waals surface area contributed by atoms with E-state index in [1.54, 1.807) is 0 Å². The van der Waals surface area contributed by atoms with Crippen LogP contribution in [0.25, 0.3) is 0 Å². The van der Waals surface area contributed by atoms with Crippen LogP contribution in [0.2, 0.25) is 0 Å². The molecule has 6 nitrogen and oxygen atoms in total. The third kappa shape index (κ3) is 4.18. The zero-order valence-corrected chi connectivity index (χ0v) is 15.0. The second-order valence-electron chi connectivity index (χ2n) is 6.91. The SMILES string of the molecule is O=C(c1ccccc1OC(F)(F)F)N1CCN(c2ccc(C3CC3)nn2)CC1. The number of piperazine rings is 1. The van der Waals surface area contributed by atoms with E-state index in [1.807, 2.05) is 17.0 Å². The zero-order chi connectivity index (χ0) is 19.7. The number of alkyl halides is 3. The van der Waals surface area contributed by atoms with Crippen LogP contribution in [0.3, 0.4) is 0 Å². The van der Waals surface area contributed by atoms with E-state index in [2.05, 4.69) is 14.9 Å². The van der Waals surface area contributed by atoms with Crippen LogP contribution in [0.15, 0.2) is 36.4 Å². The smallest absolute Gasteiger partial charge is 0.405 e. The summed E-state index contributed by atoms with van der Waals surface area (Å²) in [7, 11) is 0. The number of para-hydroxylation sites is 1. The summed E-state index contributed by atoms with van der Waals surface area (Å²) in [6.07, 6.45) is -2.52. The van der Waals surface area contributed by atoms with E-state index in [0.29, 0.717) is 32.1 Å². The average Bonchev–Trinajstić information content (AvgIpc) is 3.52. The topological polar surface area (TPSA) is 58.6 Å². The molecular formula is C19H19F3N4O2. The molecule has 2 aromatic rings. The molecule has 1 amide bonds. The Kier molecular flexibility index (Phi) is 4.82. The quantitative estimate of drug-likeness (QED) is 0.800. The predicted molar refractivity (Wildman–Crippen MR) is 95.2 cm³/mol. The summed E-state index contributed by atoms with van der Waals surface area (Å²) < 4.78 is 41.7. The Bertz CT molecular complexity index is 845. The number of aromatic nitrogens is 2. The van der Waals surface area contributed by atoms with Crippen molar-refractivity contribution >= 4 is 11.7 Å². The highest BCUT2D eigenvalue weighted by molar-refractivity contribution is 5.97. The minimum Gasteiger partial charge on any atom is -0.405 e. The van der Waals surface area contributed by atoms with Crippen molar-refractivity contribution in [3.05, 3.63) is 47.7 Å². The van der Waals surface area contributed by atoms with Crippen LogP contribution >= 0.6 is 0 Å². The molecular weight excluding hydrogens is 373 g/mol. The first-order valence-electron chi connectivity index (χ1n) is 9.13. The van der Waals surface area contributed by atoms with Crippen molar-refractivity contribution in [1.82, 2.24) is 15.1 Å². The van der Waals surface area contributed by atoms with Gasteiger partial charge in [0.2, 0.25) is 0 Å². The summed E-state index contributed by atoms with van der Waals surface area (Å²) in [5.41, 5.74) is 0.917. The van der Waals surface area contributed by atoms with Crippen LogP contribution in [0.4, 0.5) is 19.0 Å². The molecule has 9 heteroatoms. The molecule has 0 N–H and O–H groups in total. The molecule has 2 fully saturated rings. The lowest BCUT2D eigenvalue weighted by Gasteiger charge is -2.35. The van der Waals surface area contributed by atoms with E-state index < -0.39 is 18.0 Å². The van der Waals surface area contributed by atoms with E-state index in [9.17, 15) is 18.0 Å². The Morgan fingerprint density at radius 2 is 1.71 bits per heavy atom. The predicted octanol–water partition coefficient (Wildman–Crippen LogP) is 3.22. The van der Waals surface area contributed by atoms with Gasteiger partial charge in [-0.25, -0.2) is 0 Å². The summed E-state index contributed by atoms with van der Waals surface area (Å²) >= 11 is 0. The van der Waals surface area contributed by atoms with E-state index in [0.717, 1.165) is 30.4 Å². The molecule has 0 spiro atoms. The lowest BCUT2D eigenvalue weighted by atomic mass is 10.1. The third-order valence-corrected chi connectivity index (χ3v) is 4.90. The molecule has 1 aromatic carbocycles. The maximum Gasteiger partial charge on any atom is 0.573 e. The number of nitrogens with zero attached hydrogens (tertiary/aromatic N) is 4. The summed E-state index contributed by atoms with van der Waals surface area (Å²) in [4.78, 5) is 16.3. The molecule has 1 aromatic heterocycles. The fourth-order valence-electron chi connectivity index (χ4n) is 3.27. The van der Waals surface area contributed by atoms with Crippen molar-refractivity contribution in [2.24, 2.45) is 0 Å². The highest BCUT2D eigenvalue weighted by Gasteiger charge is 2.34. The van der Waals surface area contributed by atoms with Crippen LogP contribution in [0.5, 0.6) is 5.75 Å². The van der Waals surface area contributed by atoms with Crippen molar-refractivity contribution in [3.8, 4) is 5.75 Å². The molecule has 1 saturated carbocycles. The van der Waals surface area contributed by atoms with Crippen LogP contribution in [-0.2, 0) is 0 Å². The van der Waals surface area contributed by atoms with E-state index in [1.165, 1.54) is 23.1 Å². The number of carbonyl (C=O) groups is 1. The maximum atomic E-state index is 12.7. The first-order chi connectivity index (χ1) is 13.4. The van der Waals surface area contributed by atoms with Crippen LogP contribution in [0, 0.1) is 0 Å². The summed E-state index contributed by atoms with van der Waals surface area (Å²) in [6, 6.07) is 9.34. The molecule has 148 valence electrons. The number of anilines is 1. The second-order valence-corrected chi connectivity index (χ2v) is 6.91. The highest BCUT2D eigenvalue weighted by Crippen LogP contribution is 2.38. The van der Waals surface area contributed by atoms with Crippen molar-refractivity contribution in [3.63, 3.8) is 0 Å². The molecule has 1 aliphatic carbocycles. The van der Waals surface area contributed by atoms with Gasteiger partial charge in [-0.15, -0.1) is 18.3 Å². The molecule has 0 atom stereocenters. The molecule has 1 saturated heterocycles. The molecule has 0 radical (unpaired) electrons. The van der Waals surface area contributed by atoms with Gasteiger partial charge in [0.15, 0.2) is 5.82 Å². The monoisotopic (exact) mass is 392 g/mol. The maximum absolute atomic E-state index is 12.7. The van der Waals surface area contributed by atoms with Gasteiger partial charge in [0.05, 0.1) is 11.3 Å². The Hall–Kier alpha value is -2.84. The van der Waals surface area contributed by atoms with Gasteiger partial charge >= 0.3 is 6.36 Å². The van der Waals surface area contributed by atoms with Crippen LogP contribution < -0.4 is 9.64 Å². The van der Waals surface area contributed by atoms with E-state index in [-0.39, 0.29) is 5.56 Å². The zero-order valence-electron chi connectivity index (χ0n) is 15.0. The van der Waals surface area contributed by atoms with Gasteiger partial charge in [-0.2, -0.15) is 5.10 Å². The summed E-state index contributed by atoms with van der Waals surface area (Å²) in [6.45, 7) is 1.83. The Morgan fingerprint density at radius 1 is 1.00 bits per heavy atom. The van der Waals surface area contributed by atoms with Crippen molar-refractivity contribution < 1.29 is 22.7 Å². The number of hydrogen-bond donors (Lipinski definition) is 0. The average molecular weight is 392 g/mol. The van der Waals surface area contributed by atoms with Gasteiger partial charge in [-0.1, -0.05) is 12.1 Å². The molecule has 4 rings (SSSR count). The summed E-state index contributed by atoms with van der Waals surface area (Å²) in [5.74, 6) is 0.325. The second kappa shape index (κ2) is 7.29. The van der Waals surface area contributed by atoms with Crippen LogP contribution in [0.1, 0.15) is 34.8 Å². The third-order valence-electron chi connectivity index (χ3n) is 4.90. The largest absolute Gasteiger partial charge is 0.573 e. The highest BCUT2D eigenvalue weighted by atomic mass is 19.4. The molecule has 0 bridgehead atoms. The minimum atomic E-state index is -4.85. The molecule has 0 unspecified atom stereocenters. The van der Waals surface area contributed by atoms with E-state index >= 15 is 0 Å². The Morgan fingerprint density at radius 3 is 2.32 bits per heavy atom. The standard InChI is InChI=1S/C19H19F3N4O2/c20-19(21,22)28-16-4-2-1-3-14(16)18(27)26-11-9-25(10-12-26)17-8-7-15(23-24-17)13-5-6-13/h1-4,7-8,13H,5-6,9-12H2. The minimum absolute atomic E-state index is 0.0955. The van der Waals surface area contributed by atoms with Crippen molar-refractivity contribution in [1.29, 1.82) is 0 Å². The van der Waals surface area contributed by atoms with Gasteiger partial charge in [0.1, 0.15) is 5.75 Å². The first kappa shape index (κ1) is 18.5. The van der Waals surface area contributed by atoms with Gasteiger partial charge in [0, 0.05) is 32.1 Å². The van der Waals surface area contributed by atoms with Gasteiger partial charge in [0.25, 0.3) is 5.91 Å². The number of hydrogen-bond acceptors (Lipinski definition) is 5. The number of benzene rings is 1. The first-order valence-corrected chi connectivity index (χ1v) is 9.13. The number of carbonyl (C=O) groups excluding carboxylic acids is 1. The van der Waals surface area contributed by atoms with Gasteiger partial charge < -0.3 is 14.5 Å². The Labute approximate surface area is 159 Å². The fraction of sp³-hybridized carbons (Fsp3) is 0.421. The van der Waals surface area contributed by atoms with Gasteiger partial charge in [-0.3, -0.25) is 4.79 Å². The number of rotatable bonds is 4. The van der Waals surface area contributed by atoms with E-state index in [4.69, 9.17) is 0 Å². The van der Waals surface area contributed by atoms with Crippen molar-refractivity contribution in [2.45, 2.75) is 25.1 Å². The number of ether oxygens (including phenoxy) is 1. The Balaban J connectivity index is 1.40. The van der Waals surface area contributed by atoms with Gasteiger partial charge in [-0.05, 0) is 37.1 Å².